The van der Waals surface area contributed by atoms with Gasteiger partial charge < -0.3 is 5.11 Å². The number of aromatic nitrogens is 1. The Morgan fingerprint density at radius 3 is 2.00 bits per heavy atom. The van der Waals surface area contributed by atoms with Crippen molar-refractivity contribution in [2.45, 2.75) is 50.9 Å². The number of amides is 1. The van der Waals surface area contributed by atoms with E-state index in [9.17, 15) is 40.6 Å². The third-order valence-corrected chi connectivity index (χ3v) is 4.42. The van der Waals surface area contributed by atoms with E-state index in [0.717, 1.165) is 24.5 Å². The summed E-state index contributed by atoms with van der Waals surface area (Å²) in [5, 5.41) is 14.0. The lowest BCUT2D eigenvalue weighted by molar-refractivity contribution is -0.336. The summed E-state index contributed by atoms with van der Waals surface area (Å²) in [7, 11) is 0. The highest BCUT2D eigenvalue weighted by atomic mass is 19.4. The van der Waals surface area contributed by atoms with E-state index < -0.39 is 47.2 Å². The molecule has 28 heavy (non-hydrogen) atoms. The van der Waals surface area contributed by atoms with Gasteiger partial charge in [0.15, 0.2) is 5.72 Å². The molecule has 5 nitrogen and oxygen atoms in total. The second-order valence-corrected chi connectivity index (χ2v) is 7.29. The number of rotatable bonds is 3. The van der Waals surface area contributed by atoms with Crippen molar-refractivity contribution in [1.82, 2.24) is 9.99 Å². The topological polar surface area (TPSA) is 65.8 Å². The predicted molar refractivity (Wildman–Crippen MR) is 82.8 cm³/mol. The standard InChI is InChI=1S/C16H16F7N3O2/c1-12(2,3)13(28)8-10(14(17,18)15(19,20)16(21,22)23)25-26(13)11(27)9-4-6-24-7-5-9/h4-7,28H,8H2,1-3H3. The molecule has 0 saturated heterocycles. The van der Waals surface area contributed by atoms with Crippen LogP contribution >= 0.6 is 0 Å². The first-order valence-electron chi connectivity index (χ1n) is 7.84. The van der Waals surface area contributed by atoms with E-state index in [0.29, 0.717) is 0 Å². The van der Waals surface area contributed by atoms with Gasteiger partial charge in [-0.1, -0.05) is 20.8 Å². The van der Waals surface area contributed by atoms with Gasteiger partial charge in [0.1, 0.15) is 5.71 Å². The molecule has 12 heteroatoms. The number of hydrazone groups is 1. The first-order valence-corrected chi connectivity index (χ1v) is 7.84. The molecule has 0 spiro atoms. The fourth-order valence-corrected chi connectivity index (χ4v) is 2.49. The minimum absolute atomic E-state index is 0.123. The van der Waals surface area contributed by atoms with Crippen molar-refractivity contribution >= 4 is 11.6 Å². The lowest BCUT2D eigenvalue weighted by atomic mass is 9.79. The fourth-order valence-electron chi connectivity index (χ4n) is 2.49. The maximum atomic E-state index is 14.1. The Kier molecular flexibility index (Phi) is 5.04. The molecule has 1 amide bonds. The molecular weight excluding hydrogens is 399 g/mol. The van der Waals surface area contributed by atoms with Crippen LogP contribution in [0.15, 0.2) is 29.6 Å². The van der Waals surface area contributed by atoms with Crippen LogP contribution in [0.25, 0.3) is 0 Å². The number of halogens is 7. The van der Waals surface area contributed by atoms with Crippen LogP contribution in [0.5, 0.6) is 0 Å². The fraction of sp³-hybridized carbons (Fsp3) is 0.562. The Morgan fingerprint density at radius 1 is 1.07 bits per heavy atom. The molecule has 0 aliphatic carbocycles. The summed E-state index contributed by atoms with van der Waals surface area (Å²) < 4.78 is 92.5. The van der Waals surface area contributed by atoms with Crippen molar-refractivity contribution in [2.24, 2.45) is 10.5 Å². The molecule has 1 aliphatic rings. The van der Waals surface area contributed by atoms with E-state index in [-0.39, 0.29) is 10.6 Å². The number of pyridine rings is 1. The van der Waals surface area contributed by atoms with Gasteiger partial charge in [-0.15, -0.1) is 0 Å². The molecule has 1 N–H and O–H groups in total. The molecule has 0 saturated carbocycles. The molecule has 0 aromatic carbocycles. The first kappa shape index (κ1) is 22.1. The molecule has 1 aromatic heterocycles. The minimum atomic E-state index is -6.57. The van der Waals surface area contributed by atoms with E-state index in [1.807, 2.05) is 0 Å². The molecular formula is C16H16F7N3O2. The van der Waals surface area contributed by atoms with Gasteiger partial charge in [0.05, 0.1) is 0 Å². The average Bonchev–Trinajstić information content (AvgIpc) is 2.93. The van der Waals surface area contributed by atoms with Crippen LogP contribution in [-0.2, 0) is 0 Å². The van der Waals surface area contributed by atoms with Crippen molar-refractivity contribution in [3.63, 3.8) is 0 Å². The zero-order chi connectivity index (χ0) is 21.8. The van der Waals surface area contributed by atoms with Gasteiger partial charge in [-0.2, -0.15) is 40.8 Å². The zero-order valence-corrected chi connectivity index (χ0v) is 14.9. The Morgan fingerprint density at radius 2 is 1.57 bits per heavy atom. The van der Waals surface area contributed by atoms with Crippen molar-refractivity contribution in [3.8, 4) is 0 Å². The van der Waals surface area contributed by atoms with Gasteiger partial charge in [-0.05, 0) is 12.1 Å². The molecule has 0 fully saturated rings. The van der Waals surface area contributed by atoms with Crippen LogP contribution < -0.4 is 0 Å². The highest BCUT2D eigenvalue weighted by molar-refractivity contribution is 6.00. The second-order valence-electron chi connectivity index (χ2n) is 7.29. The highest BCUT2D eigenvalue weighted by Gasteiger charge is 2.76. The molecule has 1 aliphatic heterocycles. The van der Waals surface area contributed by atoms with Gasteiger partial charge in [0.2, 0.25) is 0 Å². The van der Waals surface area contributed by atoms with Crippen molar-refractivity contribution < 1.29 is 40.6 Å². The Labute approximate surface area is 154 Å². The van der Waals surface area contributed by atoms with Crippen LogP contribution in [0.2, 0.25) is 0 Å². The number of alkyl halides is 7. The SMILES string of the molecule is CC(C)(C)C1(O)CC(C(F)(F)C(F)(F)C(F)(F)F)=NN1C(=O)c1ccncc1. The van der Waals surface area contributed by atoms with Gasteiger partial charge in [0, 0.05) is 29.8 Å². The van der Waals surface area contributed by atoms with Gasteiger partial charge in [-0.25, -0.2) is 0 Å². The predicted octanol–water partition coefficient (Wildman–Crippen LogP) is 3.85. The van der Waals surface area contributed by atoms with Crippen LogP contribution in [-0.4, -0.2) is 50.5 Å². The smallest absolute Gasteiger partial charge is 0.368 e. The summed E-state index contributed by atoms with van der Waals surface area (Å²) >= 11 is 0. The normalized spacial score (nSPS) is 21.7. The van der Waals surface area contributed by atoms with Gasteiger partial charge in [-0.3, -0.25) is 9.78 Å². The molecule has 156 valence electrons. The van der Waals surface area contributed by atoms with E-state index in [1.54, 1.807) is 0 Å². The monoisotopic (exact) mass is 415 g/mol. The number of aliphatic hydroxyl groups is 1. The van der Waals surface area contributed by atoms with Crippen LogP contribution in [0.4, 0.5) is 30.7 Å². The summed E-state index contributed by atoms with van der Waals surface area (Å²) in [6.07, 6.45) is -5.64. The summed E-state index contributed by atoms with van der Waals surface area (Å²) in [5.74, 6) is -13.4. The largest absolute Gasteiger partial charge is 0.460 e. The maximum absolute atomic E-state index is 14.1. The van der Waals surface area contributed by atoms with Crippen molar-refractivity contribution in [2.75, 3.05) is 0 Å². The third kappa shape index (κ3) is 3.23. The van der Waals surface area contributed by atoms with Gasteiger partial charge >= 0.3 is 18.0 Å². The third-order valence-electron chi connectivity index (χ3n) is 4.42. The maximum Gasteiger partial charge on any atom is 0.460 e. The molecule has 1 aromatic rings. The lowest BCUT2D eigenvalue weighted by Crippen LogP contribution is -2.58. The molecule has 0 radical (unpaired) electrons. The molecule has 2 heterocycles. The Hall–Kier alpha value is -2.24. The average molecular weight is 415 g/mol. The first-order chi connectivity index (χ1) is 12.5. The van der Waals surface area contributed by atoms with E-state index in [1.165, 1.54) is 20.8 Å². The number of nitrogens with zero attached hydrogens (tertiary/aromatic N) is 3. The summed E-state index contributed by atoms with van der Waals surface area (Å²) in [5.41, 5.74) is -6.14. The van der Waals surface area contributed by atoms with Crippen LogP contribution in [0.3, 0.4) is 0 Å². The van der Waals surface area contributed by atoms with Crippen LogP contribution in [0.1, 0.15) is 37.6 Å². The molecule has 0 bridgehead atoms. The number of carbonyl (C=O) groups is 1. The van der Waals surface area contributed by atoms with E-state index in [4.69, 9.17) is 0 Å². The highest BCUT2D eigenvalue weighted by Crippen LogP contribution is 2.51. The Balaban J connectivity index is 2.58. The zero-order valence-electron chi connectivity index (χ0n) is 14.9. The number of hydrogen-bond acceptors (Lipinski definition) is 4. The van der Waals surface area contributed by atoms with Crippen molar-refractivity contribution in [3.05, 3.63) is 30.1 Å². The number of carbonyl (C=O) groups excluding carboxylic acids is 1. The quantitative estimate of drug-likeness (QED) is 0.763. The summed E-state index contributed by atoms with van der Waals surface area (Å²) in [6.45, 7) is 3.87. The minimum Gasteiger partial charge on any atom is -0.368 e. The van der Waals surface area contributed by atoms with Crippen LogP contribution in [0, 0.1) is 5.41 Å². The molecule has 2 rings (SSSR count). The number of hydrogen-bond donors (Lipinski definition) is 1. The van der Waals surface area contributed by atoms with E-state index in [2.05, 4.69) is 10.1 Å². The van der Waals surface area contributed by atoms with Crippen molar-refractivity contribution in [1.29, 1.82) is 0 Å². The summed E-state index contributed by atoms with van der Waals surface area (Å²) in [4.78, 5) is 16.2. The molecule has 1 atom stereocenters. The van der Waals surface area contributed by atoms with E-state index >= 15 is 0 Å². The summed E-state index contributed by atoms with van der Waals surface area (Å²) in [6, 6.07) is 2.28. The second kappa shape index (κ2) is 6.39. The molecule has 1 unspecified atom stereocenters. The lowest BCUT2D eigenvalue weighted by Gasteiger charge is -2.41. The Bertz CT molecular complexity index is 788. The van der Waals surface area contributed by atoms with Gasteiger partial charge in [0.25, 0.3) is 5.91 Å².